The summed E-state index contributed by atoms with van der Waals surface area (Å²) in [5.74, 6) is 0.293. The van der Waals surface area contributed by atoms with Crippen LogP contribution in [-0.4, -0.2) is 16.6 Å². The van der Waals surface area contributed by atoms with Gasteiger partial charge in [0.25, 0.3) is 5.91 Å². The fourth-order valence-electron chi connectivity index (χ4n) is 2.00. The topological polar surface area (TPSA) is 42.0 Å². The molecule has 2 rings (SSSR count). The Morgan fingerprint density at radius 3 is 2.68 bits per heavy atom. The van der Waals surface area contributed by atoms with Crippen molar-refractivity contribution in [3.63, 3.8) is 0 Å². The van der Waals surface area contributed by atoms with Crippen LogP contribution in [0.15, 0.2) is 35.4 Å². The summed E-state index contributed by atoms with van der Waals surface area (Å²) in [5.41, 5.74) is 2.16. The molecular formula is C16H16ClFN2OS. The highest BCUT2D eigenvalue weighted by Gasteiger charge is 2.17. The highest BCUT2D eigenvalue weighted by atomic mass is 35.5. The van der Waals surface area contributed by atoms with Crippen LogP contribution in [-0.2, 0) is 6.54 Å². The minimum atomic E-state index is -0.297. The molecular weight excluding hydrogens is 323 g/mol. The average Bonchev–Trinajstić information content (AvgIpc) is 2.46. The number of aryl methyl sites for hydroxylation is 1. The van der Waals surface area contributed by atoms with Gasteiger partial charge >= 0.3 is 0 Å². The second-order valence-electron chi connectivity index (χ2n) is 4.68. The van der Waals surface area contributed by atoms with E-state index in [1.807, 2.05) is 13.8 Å². The Morgan fingerprint density at radius 2 is 2.05 bits per heavy atom. The van der Waals surface area contributed by atoms with Gasteiger partial charge in [0.15, 0.2) is 0 Å². The summed E-state index contributed by atoms with van der Waals surface area (Å²) < 4.78 is 12.9. The zero-order valence-corrected chi connectivity index (χ0v) is 13.9. The van der Waals surface area contributed by atoms with Gasteiger partial charge in [-0.2, -0.15) is 0 Å². The third kappa shape index (κ3) is 4.21. The summed E-state index contributed by atoms with van der Waals surface area (Å²) in [5, 5.41) is 3.84. The normalized spacial score (nSPS) is 10.5. The van der Waals surface area contributed by atoms with Gasteiger partial charge in [0.05, 0.1) is 5.56 Å². The van der Waals surface area contributed by atoms with Gasteiger partial charge in [-0.1, -0.05) is 30.7 Å². The smallest absolute Gasteiger partial charge is 0.254 e. The fraction of sp³-hybridized carbons (Fsp3) is 0.250. The standard InChI is InChI=1S/C16H16ClFN2OS/c1-3-22-16-14(10(2)8-13(17)20-16)15(21)19-9-11-4-6-12(18)7-5-11/h4-8H,3,9H2,1-2H3,(H,19,21). The first-order valence-corrected chi connectivity index (χ1v) is 8.20. The molecule has 0 radical (unpaired) electrons. The maximum Gasteiger partial charge on any atom is 0.254 e. The molecule has 0 aliphatic heterocycles. The monoisotopic (exact) mass is 338 g/mol. The van der Waals surface area contributed by atoms with Gasteiger partial charge in [-0.3, -0.25) is 4.79 Å². The lowest BCUT2D eigenvalue weighted by atomic mass is 10.1. The Morgan fingerprint density at radius 1 is 1.36 bits per heavy atom. The maximum atomic E-state index is 12.9. The van der Waals surface area contributed by atoms with Crippen LogP contribution in [0.5, 0.6) is 0 Å². The van der Waals surface area contributed by atoms with E-state index in [0.717, 1.165) is 16.9 Å². The van der Waals surface area contributed by atoms with Crippen molar-refractivity contribution >= 4 is 29.3 Å². The molecule has 0 aliphatic carbocycles. The quantitative estimate of drug-likeness (QED) is 0.655. The number of carbonyl (C=O) groups is 1. The fourth-order valence-corrected chi connectivity index (χ4v) is 3.13. The molecule has 0 fully saturated rings. The van der Waals surface area contributed by atoms with E-state index < -0.39 is 0 Å². The predicted octanol–water partition coefficient (Wildman–Crippen LogP) is 4.22. The molecule has 2 aromatic rings. The van der Waals surface area contributed by atoms with Gasteiger partial charge in [0.1, 0.15) is 16.0 Å². The van der Waals surface area contributed by atoms with Gasteiger partial charge < -0.3 is 5.32 Å². The molecule has 1 aromatic carbocycles. The largest absolute Gasteiger partial charge is 0.348 e. The van der Waals surface area contributed by atoms with Crippen molar-refractivity contribution in [3.05, 3.63) is 58.0 Å². The lowest BCUT2D eigenvalue weighted by Crippen LogP contribution is -2.24. The molecule has 6 heteroatoms. The van der Waals surface area contributed by atoms with Crippen molar-refractivity contribution in [1.82, 2.24) is 10.3 Å². The van der Waals surface area contributed by atoms with Crippen LogP contribution in [0.3, 0.4) is 0 Å². The number of amides is 1. The molecule has 0 atom stereocenters. The van der Waals surface area contributed by atoms with Gasteiger partial charge in [0.2, 0.25) is 0 Å². The summed E-state index contributed by atoms with van der Waals surface area (Å²) in [4.78, 5) is 16.7. The summed E-state index contributed by atoms with van der Waals surface area (Å²) in [6, 6.07) is 7.70. The number of hydrogen-bond acceptors (Lipinski definition) is 3. The second kappa shape index (κ2) is 7.61. The number of benzene rings is 1. The van der Waals surface area contributed by atoms with Crippen LogP contribution in [0, 0.1) is 12.7 Å². The maximum absolute atomic E-state index is 12.9. The molecule has 116 valence electrons. The van der Waals surface area contributed by atoms with Crippen molar-refractivity contribution in [1.29, 1.82) is 0 Å². The number of thioether (sulfide) groups is 1. The minimum Gasteiger partial charge on any atom is -0.348 e. The third-order valence-corrected chi connectivity index (χ3v) is 4.08. The van der Waals surface area contributed by atoms with Gasteiger partial charge in [-0.25, -0.2) is 9.37 Å². The number of pyridine rings is 1. The van der Waals surface area contributed by atoms with Gasteiger partial charge in [0, 0.05) is 6.54 Å². The van der Waals surface area contributed by atoms with Crippen molar-refractivity contribution in [2.24, 2.45) is 0 Å². The molecule has 0 saturated heterocycles. The Hall–Kier alpha value is -1.59. The molecule has 0 spiro atoms. The molecule has 3 nitrogen and oxygen atoms in total. The molecule has 1 heterocycles. The Bertz CT molecular complexity index is 677. The predicted molar refractivity (Wildman–Crippen MR) is 88.0 cm³/mol. The molecule has 0 aliphatic rings. The summed E-state index contributed by atoms with van der Waals surface area (Å²) in [6.07, 6.45) is 0. The van der Waals surface area contributed by atoms with Crippen LogP contribution in [0.25, 0.3) is 0 Å². The number of carbonyl (C=O) groups excluding carboxylic acids is 1. The van der Waals surface area contributed by atoms with E-state index in [-0.39, 0.29) is 11.7 Å². The third-order valence-electron chi connectivity index (χ3n) is 3.03. The Labute approximate surface area is 138 Å². The SMILES string of the molecule is CCSc1nc(Cl)cc(C)c1C(=O)NCc1ccc(F)cc1. The van der Waals surface area contributed by atoms with E-state index in [0.29, 0.717) is 22.3 Å². The first-order valence-electron chi connectivity index (χ1n) is 6.84. The van der Waals surface area contributed by atoms with E-state index in [2.05, 4.69) is 10.3 Å². The highest BCUT2D eigenvalue weighted by Crippen LogP contribution is 2.25. The van der Waals surface area contributed by atoms with Crippen molar-refractivity contribution in [3.8, 4) is 0 Å². The van der Waals surface area contributed by atoms with Gasteiger partial charge in [-0.05, 0) is 42.0 Å². The van der Waals surface area contributed by atoms with Crippen LogP contribution < -0.4 is 5.32 Å². The van der Waals surface area contributed by atoms with Crippen LogP contribution >= 0.6 is 23.4 Å². The summed E-state index contributed by atoms with van der Waals surface area (Å²) >= 11 is 7.43. The number of rotatable bonds is 5. The van der Waals surface area contributed by atoms with E-state index in [1.54, 1.807) is 18.2 Å². The highest BCUT2D eigenvalue weighted by molar-refractivity contribution is 7.99. The van der Waals surface area contributed by atoms with E-state index in [4.69, 9.17) is 11.6 Å². The van der Waals surface area contributed by atoms with Crippen LogP contribution in [0.1, 0.15) is 28.4 Å². The van der Waals surface area contributed by atoms with Crippen LogP contribution in [0.2, 0.25) is 5.15 Å². The zero-order chi connectivity index (χ0) is 16.1. The summed E-state index contributed by atoms with van der Waals surface area (Å²) in [7, 11) is 0. The van der Waals surface area contributed by atoms with E-state index in [9.17, 15) is 9.18 Å². The Kier molecular flexibility index (Phi) is 5.80. The molecule has 0 bridgehead atoms. The van der Waals surface area contributed by atoms with Crippen molar-refractivity contribution in [2.45, 2.75) is 25.4 Å². The number of nitrogens with one attached hydrogen (secondary N) is 1. The molecule has 0 unspecified atom stereocenters. The van der Waals surface area contributed by atoms with Gasteiger partial charge in [-0.15, -0.1) is 11.8 Å². The van der Waals surface area contributed by atoms with E-state index in [1.165, 1.54) is 23.9 Å². The van der Waals surface area contributed by atoms with E-state index >= 15 is 0 Å². The molecule has 1 aromatic heterocycles. The molecule has 1 amide bonds. The van der Waals surface area contributed by atoms with Crippen molar-refractivity contribution < 1.29 is 9.18 Å². The molecule has 1 N–H and O–H groups in total. The lowest BCUT2D eigenvalue weighted by Gasteiger charge is -2.12. The molecule has 0 saturated carbocycles. The van der Waals surface area contributed by atoms with Crippen LogP contribution in [0.4, 0.5) is 4.39 Å². The lowest BCUT2D eigenvalue weighted by molar-refractivity contribution is 0.0946. The zero-order valence-electron chi connectivity index (χ0n) is 12.3. The number of aromatic nitrogens is 1. The number of hydrogen-bond donors (Lipinski definition) is 1. The minimum absolute atomic E-state index is 0.207. The first-order chi connectivity index (χ1) is 10.5. The van der Waals surface area contributed by atoms with Crippen molar-refractivity contribution in [2.75, 3.05) is 5.75 Å². The average molecular weight is 339 g/mol. The summed E-state index contributed by atoms with van der Waals surface area (Å²) in [6.45, 7) is 4.15. The molecule has 22 heavy (non-hydrogen) atoms. The first kappa shape index (κ1) is 16.8. The second-order valence-corrected chi connectivity index (χ2v) is 6.32. The Balaban J connectivity index is 2.16. The number of nitrogens with zero attached hydrogens (tertiary/aromatic N) is 1. The number of halogens is 2.